The maximum atomic E-state index is 11.9. The third kappa shape index (κ3) is 9.11. The van der Waals surface area contributed by atoms with Crippen LogP contribution >= 0.6 is 0 Å². The van der Waals surface area contributed by atoms with Crippen LogP contribution in [0.15, 0.2) is 0 Å². The minimum atomic E-state index is -4.57. The molecular formula is C10H17F3N2O4. The van der Waals surface area contributed by atoms with Crippen molar-refractivity contribution in [2.75, 3.05) is 13.2 Å². The van der Waals surface area contributed by atoms with Gasteiger partial charge in [0, 0.05) is 0 Å². The fraction of sp³-hybridized carbons (Fsp3) is 0.800. The zero-order valence-electron chi connectivity index (χ0n) is 10.8. The number of aliphatic hydroxyl groups excluding tert-OH is 1. The van der Waals surface area contributed by atoms with Crippen molar-refractivity contribution in [3.05, 3.63) is 0 Å². The van der Waals surface area contributed by atoms with E-state index in [9.17, 15) is 22.8 Å². The van der Waals surface area contributed by atoms with Gasteiger partial charge in [-0.3, -0.25) is 4.79 Å². The Kier molecular flexibility index (Phi) is 6.07. The fourth-order valence-electron chi connectivity index (χ4n) is 0.954. The summed E-state index contributed by atoms with van der Waals surface area (Å²) in [6.45, 7) is 2.33. The number of hydrogen-bond donors (Lipinski definition) is 3. The summed E-state index contributed by atoms with van der Waals surface area (Å²) in [5, 5.41) is 12.4. The molecule has 0 aliphatic rings. The summed E-state index contributed by atoms with van der Waals surface area (Å²) < 4.78 is 40.4. The maximum Gasteiger partial charge on any atom is 0.408 e. The molecule has 19 heavy (non-hydrogen) atoms. The van der Waals surface area contributed by atoms with Gasteiger partial charge in [-0.05, 0) is 20.8 Å². The summed E-state index contributed by atoms with van der Waals surface area (Å²) in [5.41, 5.74) is -0.827. The van der Waals surface area contributed by atoms with Crippen molar-refractivity contribution >= 4 is 12.0 Å². The van der Waals surface area contributed by atoms with Crippen LogP contribution in [0.5, 0.6) is 0 Å². The largest absolute Gasteiger partial charge is 0.444 e. The molecule has 3 N–H and O–H groups in total. The molecule has 0 spiro atoms. The number of aliphatic hydroxyl groups is 1. The van der Waals surface area contributed by atoms with Crippen LogP contribution in [0.4, 0.5) is 18.0 Å². The second-order valence-electron chi connectivity index (χ2n) is 4.71. The Balaban J connectivity index is 4.34. The van der Waals surface area contributed by atoms with E-state index in [1.807, 2.05) is 5.32 Å². The molecule has 0 rings (SSSR count). The van der Waals surface area contributed by atoms with Crippen molar-refractivity contribution in [1.29, 1.82) is 0 Å². The number of alkyl carbamates (subject to hydrolysis) is 1. The summed E-state index contributed by atoms with van der Waals surface area (Å²) in [7, 11) is 0. The number of rotatable bonds is 4. The highest BCUT2D eigenvalue weighted by atomic mass is 19.4. The minimum absolute atomic E-state index is 0.827. The van der Waals surface area contributed by atoms with Crippen molar-refractivity contribution in [3.63, 3.8) is 0 Å². The van der Waals surface area contributed by atoms with E-state index in [-0.39, 0.29) is 0 Å². The number of carbonyl (C=O) groups is 2. The Morgan fingerprint density at radius 2 is 1.79 bits per heavy atom. The smallest absolute Gasteiger partial charge is 0.408 e. The van der Waals surface area contributed by atoms with Gasteiger partial charge in [0.2, 0.25) is 5.91 Å². The molecule has 0 unspecified atom stereocenters. The maximum absolute atomic E-state index is 11.9. The molecular weight excluding hydrogens is 269 g/mol. The first-order valence-electron chi connectivity index (χ1n) is 5.39. The lowest BCUT2D eigenvalue weighted by atomic mass is 10.2. The van der Waals surface area contributed by atoms with E-state index in [0.29, 0.717) is 0 Å². The average Bonchev–Trinajstić information content (AvgIpc) is 2.18. The topological polar surface area (TPSA) is 87.7 Å². The van der Waals surface area contributed by atoms with E-state index in [1.54, 1.807) is 26.1 Å². The van der Waals surface area contributed by atoms with Crippen molar-refractivity contribution < 1.29 is 32.6 Å². The van der Waals surface area contributed by atoms with Gasteiger partial charge in [-0.2, -0.15) is 13.2 Å². The SMILES string of the molecule is CC(C)(C)OC(=O)N[C@H](CO)C(=O)NCC(F)(F)F. The number of hydrogen-bond acceptors (Lipinski definition) is 4. The monoisotopic (exact) mass is 286 g/mol. The molecule has 0 fully saturated rings. The zero-order valence-corrected chi connectivity index (χ0v) is 10.8. The second-order valence-corrected chi connectivity index (χ2v) is 4.71. The lowest BCUT2D eigenvalue weighted by molar-refractivity contribution is -0.140. The normalized spacial score (nSPS) is 13.6. The van der Waals surface area contributed by atoms with E-state index in [0.717, 1.165) is 0 Å². The molecule has 0 heterocycles. The Morgan fingerprint density at radius 1 is 1.26 bits per heavy atom. The summed E-state index contributed by atoms with van der Waals surface area (Å²) in [5.74, 6) is -1.15. The highest BCUT2D eigenvalue weighted by Gasteiger charge is 2.30. The van der Waals surface area contributed by atoms with Gasteiger partial charge in [-0.15, -0.1) is 0 Å². The lowest BCUT2D eigenvalue weighted by Gasteiger charge is -2.22. The first-order chi connectivity index (χ1) is 8.44. The summed E-state index contributed by atoms with van der Waals surface area (Å²) in [6.07, 6.45) is -5.57. The van der Waals surface area contributed by atoms with Crippen LogP contribution in [0.3, 0.4) is 0 Å². The molecule has 0 saturated carbocycles. The third-order valence-electron chi connectivity index (χ3n) is 1.65. The van der Waals surface area contributed by atoms with Crippen LogP contribution in [0.1, 0.15) is 20.8 Å². The lowest BCUT2D eigenvalue weighted by Crippen LogP contribution is -2.51. The van der Waals surface area contributed by atoms with Crippen molar-refractivity contribution in [3.8, 4) is 0 Å². The van der Waals surface area contributed by atoms with E-state index < -0.39 is 43.0 Å². The Labute approximate surface area is 108 Å². The summed E-state index contributed by atoms with van der Waals surface area (Å²) >= 11 is 0. The van der Waals surface area contributed by atoms with Crippen molar-refractivity contribution in [2.45, 2.75) is 38.6 Å². The average molecular weight is 286 g/mol. The Bertz CT molecular complexity index is 326. The van der Waals surface area contributed by atoms with Gasteiger partial charge in [-0.25, -0.2) is 4.79 Å². The van der Waals surface area contributed by atoms with Gasteiger partial charge >= 0.3 is 12.3 Å². The fourth-order valence-corrected chi connectivity index (χ4v) is 0.954. The van der Waals surface area contributed by atoms with Gasteiger partial charge in [-0.1, -0.05) is 0 Å². The molecule has 0 radical (unpaired) electrons. The number of carbonyl (C=O) groups excluding carboxylic acids is 2. The van der Waals surface area contributed by atoms with Crippen molar-refractivity contribution in [2.24, 2.45) is 0 Å². The number of halogens is 3. The van der Waals surface area contributed by atoms with Gasteiger partial charge in [0.05, 0.1) is 6.61 Å². The Morgan fingerprint density at radius 3 is 2.16 bits per heavy atom. The first-order valence-corrected chi connectivity index (χ1v) is 5.39. The van der Waals surface area contributed by atoms with Crippen LogP contribution in [0.2, 0.25) is 0 Å². The highest BCUT2D eigenvalue weighted by Crippen LogP contribution is 2.12. The first kappa shape index (κ1) is 17.5. The molecule has 0 aromatic heterocycles. The molecule has 0 aliphatic carbocycles. The van der Waals surface area contributed by atoms with E-state index in [4.69, 9.17) is 9.84 Å². The van der Waals surface area contributed by atoms with Crippen LogP contribution in [0.25, 0.3) is 0 Å². The van der Waals surface area contributed by atoms with Gasteiger partial charge in [0.15, 0.2) is 0 Å². The molecule has 1 atom stereocenters. The molecule has 0 aliphatic heterocycles. The van der Waals surface area contributed by atoms with Crippen LogP contribution in [-0.4, -0.2) is 48.1 Å². The Hall–Kier alpha value is -1.51. The predicted octanol–water partition coefficient (Wildman–Crippen LogP) is 0.551. The molecule has 6 nitrogen and oxygen atoms in total. The summed E-state index contributed by atoms with van der Waals surface area (Å²) in [4.78, 5) is 22.6. The van der Waals surface area contributed by atoms with Crippen molar-refractivity contribution in [1.82, 2.24) is 10.6 Å². The second kappa shape index (κ2) is 6.60. The molecule has 0 aromatic carbocycles. The molecule has 0 saturated heterocycles. The van der Waals surface area contributed by atoms with Crippen LogP contribution < -0.4 is 10.6 Å². The van der Waals surface area contributed by atoms with E-state index >= 15 is 0 Å². The number of amides is 2. The van der Waals surface area contributed by atoms with Gasteiger partial charge < -0.3 is 20.5 Å². The number of nitrogens with one attached hydrogen (secondary N) is 2. The predicted molar refractivity (Wildman–Crippen MR) is 59.3 cm³/mol. The van der Waals surface area contributed by atoms with Crippen LogP contribution in [0, 0.1) is 0 Å². The molecule has 2 amide bonds. The van der Waals surface area contributed by atoms with E-state index in [2.05, 4.69) is 0 Å². The third-order valence-corrected chi connectivity index (χ3v) is 1.65. The van der Waals surface area contributed by atoms with Gasteiger partial charge in [0.1, 0.15) is 18.2 Å². The van der Waals surface area contributed by atoms with E-state index in [1.165, 1.54) is 0 Å². The molecule has 9 heteroatoms. The molecule has 0 aromatic rings. The van der Waals surface area contributed by atoms with Gasteiger partial charge in [0.25, 0.3) is 0 Å². The quantitative estimate of drug-likeness (QED) is 0.704. The summed E-state index contributed by atoms with van der Waals surface area (Å²) in [6, 6.07) is -1.50. The highest BCUT2D eigenvalue weighted by molar-refractivity contribution is 5.85. The minimum Gasteiger partial charge on any atom is -0.444 e. The molecule has 112 valence electrons. The molecule has 0 bridgehead atoms. The number of alkyl halides is 3. The van der Waals surface area contributed by atoms with Crippen LogP contribution in [-0.2, 0) is 9.53 Å². The standard InChI is InChI=1S/C10H17F3N2O4/c1-9(2,3)19-8(18)15-6(4-16)7(17)14-5-10(11,12)13/h6,16H,4-5H2,1-3H3,(H,14,17)(H,15,18)/t6-/m1/s1. The zero-order chi connectivity index (χ0) is 15.3. The number of ether oxygens (including phenoxy) is 1.